The first-order chi connectivity index (χ1) is 6.13. The Labute approximate surface area is 93.1 Å². The predicted molar refractivity (Wildman–Crippen MR) is 59.9 cm³/mol. The van der Waals surface area contributed by atoms with Crippen LogP contribution in [0.1, 0.15) is 11.1 Å². The summed E-state index contributed by atoms with van der Waals surface area (Å²) >= 11 is 16.9. The average molecular weight is 239 g/mol. The van der Waals surface area contributed by atoms with Crippen LogP contribution in [0.15, 0.2) is 18.2 Å². The molecule has 1 aromatic carbocycles. The Bertz CT molecular complexity index is 286. The zero-order chi connectivity index (χ0) is 9.84. The minimum atomic E-state index is -0.398. The third-order valence-corrected chi connectivity index (χ3v) is 2.25. The van der Waals surface area contributed by atoms with Crippen LogP contribution in [0.4, 0.5) is 5.69 Å². The van der Waals surface area contributed by atoms with Crippen molar-refractivity contribution in [1.29, 1.82) is 0 Å². The molecule has 13 heavy (non-hydrogen) atoms. The Morgan fingerprint density at radius 3 is 2.62 bits per heavy atom. The van der Waals surface area contributed by atoms with E-state index >= 15 is 0 Å². The largest absolute Gasteiger partial charge is 0.298 e. The summed E-state index contributed by atoms with van der Waals surface area (Å²) in [5, 5.41) is 0. The summed E-state index contributed by atoms with van der Waals surface area (Å²) in [5.74, 6) is 0. The Hall–Kier alpha value is -0.110. The standard InChI is InChI=1S/C9H10Cl3N/c1-6-2-3-8(13-12)7(4-6)5-9(10)11/h2-4,9,13H,5H2,1H3. The lowest BCUT2D eigenvalue weighted by Gasteiger charge is -2.08. The van der Waals surface area contributed by atoms with Crippen molar-refractivity contribution in [2.24, 2.45) is 0 Å². The summed E-state index contributed by atoms with van der Waals surface area (Å²) in [5.41, 5.74) is 3.06. The molecule has 0 aliphatic carbocycles. The summed E-state index contributed by atoms with van der Waals surface area (Å²) in [7, 11) is 0. The highest BCUT2D eigenvalue weighted by Crippen LogP contribution is 2.22. The number of anilines is 1. The van der Waals surface area contributed by atoms with Crippen LogP contribution in [0, 0.1) is 6.92 Å². The molecule has 0 aliphatic rings. The molecule has 0 aromatic heterocycles. The van der Waals surface area contributed by atoms with Crippen LogP contribution in [-0.4, -0.2) is 4.84 Å². The number of halogens is 3. The topological polar surface area (TPSA) is 12.0 Å². The van der Waals surface area contributed by atoms with Crippen molar-refractivity contribution in [2.45, 2.75) is 18.2 Å². The van der Waals surface area contributed by atoms with Crippen molar-refractivity contribution in [3.05, 3.63) is 29.3 Å². The number of alkyl halides is 2. The summed E-state index contributed by atoms with van der Waals surface area (Å²) in [6.45, 7) is 2.01. The molecule has 4 heteroatoms. The van der Waals surface area contributed by atoms with Gasteiger partial charge in [0.1, 0.15) is 4.84 Å². The van der Waals surface area contributed by atoms with Crippen LogP contribution in [0.5, 0.6) is 0 Å². The summed E-state index contributed by atoms with van der Waals surface area (Å²) in [4.78, 5) is 2.19. The zero-order valence-corrected chi connectivity index (χ0v) is 9.42. The Morgan fingerprint density at radius 1 is 1.38 bits per heavy atom. The molecule has 0 saturated carbocycles. The Morgan fingerprint density at radius 2 is 2.08 bits per heavy atom. The third kappa shape index (κ3) is 3.26. The first-order valence-corrected chi connectivity index (χ1v) is 5.13. The van der Waals surface area contributed by atoms with Crippen LogP contribution >= 0.6 is 35.0 Å². The van der Waals surface area contributed by atoms with E-state index in [1.165, 1.54) is 5.56 Å². The van der Waals surface area contributed by atoms with Crippen LogP contribution < -0.4 is 4.84 Å². The van der Waals surface area contributed by atoms with Crippen molar-refractivity contribution < 1.29 is 0 Å². The molecule has 0 bridgehead atoms. The molecule has 0 saturated heterocycles. The normalized spacial score (nSPS) is 10.5. The lowest BCUT2D eigenvalue weighted by molar-refractivity contribution is 1.08. The molecule has 0 unspecified atom stereocenters. The number of nitrogens with one attached hydrogen (secondary N) is 1. The number of aryl methyl sites for hydroxylation is 1. The second kappa shape index (κ2) is 4.94. The minimum Gasteiger partial charge on any atom is -0.298 e. The predicted octanol–water partition coefficient (Wildman–Crippen LogP) is 3.91. The van der Waals surface area contributed by atoms with Gasteiger partial charge in [0.05, 0.1) is 5.69 Å². The van der Waals surface area contributed by atoms with Crippen molar-refractivity contribution >= 4 is 40.7 Å². The van der Waals surface area contributed by atoms with Crippen molar-refractivity contribution in [2.75, 3.05) is 4.84 Å². The van der Waals surface area contributed by atoms with E-state index in [1.807, 2.05) is 25.1 Å². The fourth-order valence-electron chi connectivity index (χ4n) is 1.15. The van der Waals surface area contributed by atoms with Crippen LogP contribution in [0.2, 0.25) is 0 Å². The maximum absolute atomic E-state index is 5.69. The molecule has 0 aliphatic heterocycles. The highest BCUT2D eigenvalue weighted by Gasteiger charge is 2.06. The second-order valence-corrected chi connectivity index (χ2v) is 4.32. The zero-order valence-electron chi connectivity index (χ0n) is 7.15. The third-order valence-electron chi connectivity index (χ3n) is 1.74. The van der Waals surface area contributed by atoms with E-state index in [4.69, 9.17) is 35.0 Å². The molecule has 1 N–H and O–H groups in total. The first-order valence-electron chi connectivity index (χ1n) is 3.88. The maximum atomic E-state index is 5.69. The van der Waals surface area contributed by atoms with E-state index in [0.29, 0.717) is 6.42 Å². The van der Waals surface area contributed by atoms with E-state index in [-0.39, 0.29) is 0 Å². The quantitative estimate of drug-likeness (QED) is 0.622. The van der Waals surface area contributed by atoms with Gasteiger partial charge in [0, 0.05) is 18.2 Å². The molecule has 0 heterocycles. The molecular formula is C9H10Cl3N. The van der Waals surface area contributed by atoms with Gasteiger partial charge >= 0.3 is 0 Å². The van der Waals surface area contributed by atoms with E-state index in [9.17, 15) is 0 Å². The average Bonchev–Trinajstić information content (AvgIpc) is 2.03. The summed E-state index contributed by atoms with van der Waals surface area (Å²) < 4.78 is 0. The molecule has 1 aromatic rings. The summed E-state index contributed by atoms with van der Waals surface area (Å²) in [6.07, 6.45) is 0.597. The SMILES string of the molecule is Cc1ccc(NCl)c(CC(Cl)Cl)c1. The van der Waals surface area contributed by atoms with Crippen LogP contribution in [0.3, 0.4) is 0 Å². The van der Waals surface area contributed by atoms with E-state index in [0.717, 1.165) is 11.3 Å². The monoisotopic (exact) mass is 237 g/mol. The van der Waals surface area contributed by atoms with Gasteiger partial charge in [-0.15, -0.1) is 23.2 Å². The molecule has 0 radical (unpaired) electrons. The van der Waals surface area contributed by atoms with Crippen molar-refractivity contribution in [3.8, 4) is 0 Å². The fourth-order valence-corrected chi connectivity index (χ4v) is 1.67. The van der Waals surface area contributed by atoms with Gasteiger partial charge < -0.3 is 0 Å². The van der Waals surface area contributed by atoms with Gasteiger partial charge in [-0.2, -0.15) is 0 Å². The molecule has 72 valence electrons. The highest BCUT2D eigenvalue weighted by atomic mass is 35.5. The van der Waals surface area contributed by atoms with Crippen molar-refractivity contribution in [3.63, 3.8) is 0 Å². The lowest BCUT2D eigenvalue weighted by atomic mass is 10.1. The number of hydrogen-bond acceptors (Lipinski definition) is 1. The fraction of sp³-hybridized carbons (Fsp3) is 0.333. The van der Waals surface area contributed by atoms with Crippen LogP contribution in [-0.2, 0) is 6.42 Å². The van der Waals surface area contributed by atoms with E-state index in [1.54, 1.807) is 0 Å². The molecule has 1 nitrogen and oxygen atoms in total. The van der Waals surface area contributed by atoms with Gasteiger partial charge in [-0.25, -0.2) is 0 Å². The molecule has 0 spiro atoms. The number of benzene rings is 1. The number of hydrogen-bond donors (Lipinski definition) is 1. The Kier molecular flexibility index (Phi) is 4.17. The molecule has 0 atom stereocenters. The van der Waals surface area contributed by atoms with E-state index in [2.05, 4.69) is 4.84 Å². The Balaban J connectivity index is 2.94. The van der Waals surface area contributed by atoms with Crippen LogP contribution in [0.25, 0.3) is 0 Å². The van der Waals surface area contributed by atoms with Gasteiger partial charge in [-0.1, -0.05) is 17.7 Å². The summed E-state index contributed by atoms with van der Waals surface area (Å²) in [6, 6.07) is 5.90. The maximum Gasteiger partial charge on any atom is 0.111 e. The lowest BCUT2D eigenvalue weighted by Crippen LogP contribution is -1.98. The van der Waals surface area contributed by atoms with Gasteiger partial charge in [-0.05, 0) is 18.6 Å². The van der Waals surface area contributed by atoms with Gasteiger partial charge in [0.15, 0.2) is 0 Å². The minimum absolute atomic E-state index is 0.398. The molecule has 0 fully saturated rings. The molecular weight excluding hydrogens is 228 g/mol. The van der Waals surface area contributed by atoms with Gasteiger partial charge in [0.2, 0.25) is 0 Å². The smallest absolute Gasteiger partial charge is 0.111 e. The first kappa shape index (κ1) is 11.0. The number of rotatable bonds is 3. The van der Waals surface area contributed by atoms with Crippen molar-refractivity contribution in [1.82, 2.24) is 0 Å². The highest BCUT2D eigenvalue weighted by molar-refractivity contribution is 6.44. The molecule has 1 rings (SSSR count). The second-order valence-electron chi connectivity index (χ2n) is 2.85. The van der Waals surface area contributed by atoms with E-state index < -0.39 is 4.84 Å². The van der Waals surface area contributed by atoms with Gasteiger partial charge in [-0.3, -0.25) is 4.84 Å². The van der Waals surface area contributed by atoms with Gasteiger partial charge in [0.25, 0.3) is 0 Å². The molecule has 0 amide bonds.